The molecule has 1 heterocycles. The molecule has 4 heteroatoms. The molecular formula is C9H12N2O2. The fourth-order valence-corrected chi connectivity index (χ4v) is 1.55. The Labute approximate surface area is 76.4 Å². The minimum absolute atomic E-state index is 0.0754. The molecule has 1 aliphatic heterocycles. The SMILES string of the molecule is CCC(=O)NC1C(=O)NCC2C=C21. The smallest absolute Gasteiger partial charge is 0.246 e. The highest BCUT2D eigenvalue weighted by Crippen LogP contribution is 2.34. The van der Waals surface area contributed by atoms with Gasteiger partial charge in [-0.2, -0.15) is 0 Å². The molecule has 1 fully saturated rings. The predicted octanol–water partition coefficient (Wildman–Crippen LogP) is -0.433. The minimum Gasteiger partial charge on any atom is -0.353 e. The lowest BCUT2D eigenvalue weighted by Crippen LogP contribution is -2.50. The Kier molecular flexibility index (Phi) is 1.83. The Morgan fingerprint density at radius 1 is 1.77 bits per heavy atom. The van der Waals surface area contributed by atoms with E-state index in [0.717, 1.165) is 5.57 Å². The van der Waals surface area contributed by atoms with Crippen molar-refractivity contribution in [2.24, 2.45) is 5.92 Å². The van der Waals surface area contributed by atoms with Crippen molar-refractivity contribution in [1.82, 2.24) is 10.6 Å². The van der Waals surface area contributed by atoms with E-state index in [1.165, 1.54) is 0 Å². The molecule has 1 aliphatic carbocycles. The van der Waals surface area contributed by atoms with Crippen LogP contribution in [-0.2, 0) is 9.59 Å². The van der Waals surface area contributed by atoms with Crippen LogP contribution >= 0.6 is 0 Å². The van der Waals surface area contributed by atoms with Crippen molar-refractivity contribution < 1.29 is 9.59 Å². The van der Waals surface area contributed by atoms with Gasteiger partial charge in [-0.25, -0.2) is 0 Å². The molecule has 0 radical (unpaired) electrons. The number of carbonyl (C=O) groups is 2. The van der Waals surface area contributed by atoms with Crippen molar-refractivity contribution >= 4 is 11.8 Å². The van der Waals surface area contributed by atoms with Gasteiger partial charge in [0.1, 0.15) is 6.04 Å². The molecule has 2 N–H and O–H groups in total. The van der Waals surface area contributed by atoms with Crippen molar-refractivity contribution in [3.8, 4) is 0 Å². The van der Waals surface area contributed by atoms with Crippen LogP contribution in [0.3, 0.4) is 0 Å². The van der Waals surface area contributed by atoms with Crippen molar-refractivity contribution in [2.75, 3.05) is 6.54 Å². The largest absolute Gasteiger partial charge is 0.353 e. The molecule has 0 aromatic carbocycles. The van der Waals surface area contributed by atoms with Crippen LogP contribution < -0.4 is 10.6 Å². The number of rotatable bonds is 2. The number of carbonyl (C=O) groups excluding carboxylic acids is 2. The third-order valence-corrected chi connectivity index (χ3v) is 2.43. The fraction of sp³-hybridized carbons (Fsp3) is 0.556. The van der Waals surface area contributed by atoms with Crippen molar-refractivity contribution in [2.45, 2.75) is 19.4 Å². The highest BCUT2D eigenvalue weighted by atomic mass is 16.2. The van der Waals surface area contributed by atoms with E-state index in [2.05, 4.69) is 10.6 Å². The van der Waals surface area contributed by atoms with E-state index in [1.807, 2.05) is 6.08 Å². The number of piperidine rings is 1. The second-order valence-corrected chi connectivity index (χ2v) is 3.37. The second kappa shape index (κ2) is 2.87. The summed E-state index contributed by atoms with van der Waals surface area (Å²) in [6.45, 7) is 2.47. The number of hydrogen-bond donors (Lipinski definition) is 2. The van der Waals surface area contributed by atoms with Gasteiger partial charge in [0.15, 0.2) is 0 Å². The zero-order valence-corrected chi connectivity index (χ0v) is 7.46. The standard InChI is InChI=1S/C9H12N2O2/c1-2-7(12)11-8-6-3-5(6)4-10-9(8)13/h3,5,8H,2,4H2,1H3,(H,10,13)(H,11,12). The molecule has 2 unspecified atom stereocenters. The topological polar surface area (TPSA) is 58.2 Å². The van der Waals surface area contributed by atoms with Crippen LogP contribution in [0, 0.1) is 5.92 Å². The Morgan fingerprint density at radius 2 is 2.54 bits per heavy atom. The van der Waals surface area contributed by atoms with E-state index >= 15 is 0 Å². The van der Waals surface area contributed by atoms with Crippen LogP contribution in [0.5, 0.6) is 0 Å². The molecule has 0 spiro atoms. The molecule has 0 aromatic heterocycles. The van der Waals surface area contributed by atoms with Gasteiger partial charge < -0.3 is 10.6 Å². The lowest BCUT2D eigenvalue weighted by molar-refractivity contribution is -0.128. The third kappa shape index (κ3) is 1.43. The quantitative estimate of drug-likeness (QED) is 0.566. The van der Waals surface area contributed by atoms with Crippen LogP contribution in [0.4, 0.5) is 0 Å². The Balaban J connectivity index is 2.00. The van der Waals surface area contributed by atoms with Crippen LogP contribution in [0.1, 0.15) is 13.3 Å². The number of amides is 2. The van der Waals surface area contributed by atoms with Gasteiger partial charge in [0.05, 0.1) is 0 Å². The summed E-state index contributed by atoms with van der Waals surface area (Å²) in [5.74, 6) is 0.246. The summed E-state index contributed by atoms with van der Waals surface area (Å²) in [5.41, 5.74) is 1.07. The van der Waals surface area contributed by atoms with E-state index < -0.39 is 6.04 Å². The summed E-state index contributed by atoms with van der Waals surface area (Å²) in [6, 6.07) is -0.397. The van der Waals surface area contributed by atoms with Gasteiger partial charge in [-0.3, -0.25) is 9.59 Å². The van der Waals surface area contributed by atoms with Gasteiger partial charge in [0.2, 0.25) is 11.8 Å². The monoisotopic (exact) mass is 180 g/mol. The molecule has 0 bridgehead atoms. The number of nitrogens with one attached hydrogen (secondary N) is 2. The molecule has 13 heavy (non-hydrogen) atoms. The summed E-state index contributed by atoms with van der Waals surface area (Å²) >= 11 is 0. The predicted molar refractivity (Wildman–Crippen MR) is 46.8 cm³/mol. The minimum atomic E-state index is -0.397. The van der Waals surface area contributed by atoms with E-state index in [0.29, 0.717) is 18.9 Å². The lowest BCUT2D eigenvalue weighted by Gasteiger charge is -2.21. The van der Waals surface area contributed by atoms with Gasteiger partial charge in [-0.05, 0) is 5.57 Å². The molecule has 2 rings (SSSR count). The second-order valence-electron chi connectivity index (χ2n) is 3.37. The maximum Gasteiger partial charge on any atom is 0.246 e. The maximum atomic E-state index is 11.3. The van der Waals surface area contributed by atoms with E-state index in [4.69, 9.17) is 0 Å². The lowest BCUT2D eigenvalue weighted by atomic mass is 10.1. The van der Waals surface area contributed by atoms with Gasteiger partial charge >= 0.3 is 0 Å². The first-order chi connectivity index (χ1) is 6.22. The Bertz CT molecular complexity index is 294. The summed E-state index contributed by atoms with van der Waals surface area (Å²) in [4.78, 5) is 22.4. The van der Waals surface area contributed by atoms with Crippen molar-refractivity contribution in [1.29, 1.82) is 0 Å². The van der Waals surface area contributed by atoms with Gasteiger partial charge in [-0.1, -0.05) is 13.0 Å². The van der Waals surface area contributed by atoms with Crippen molar-refractivity contribution in [3.63, 3.8) is 0 Å². The van der Waals surface area contributed by atoms with Crippen LogP contribution in [-0.4, -0.2) is 24.4 Å². The molecule has 4 nitrogen and oxygen atoms in total. The van der Waals surface area contributed by atoms with Gasteiger partial charge in [0.25, 0.3) is 0 Å². The first-order valence-electron chi connectivity index (χ1n) is 4.51. The highest BCUT2D eigenvalue weighted by molar-refractivity contribution is 5.92. The van der Waals surface area contributed by atoms with Crippen LogP contribution in [0.25, 0.3) is 0 Å². The van der Waals surface area contributed by atoms with E-state index in [-0.39, 0.29) is 11.8 Å². The Morgan fingerprint density at radius 3 is 3.23 bits per heavy atom. The molecule has 2 atom stereocenters. The molecule has 1 saturated heterocycles. The number of hydrogen-bond acceptors (Lipinski definition) is 2. The molecular weight excluding hydrogens is 168 g/mol. The van der Waals surface area contributed by atoms with Crippen LogP contribution in [0.15, 0.2) is 11.6 Å². The Hall–Kier alpha value is -1.32. The van der Waals surface area contributed by atoms with Gasteiger partial charge in [-0.15, -0.1) is 0 Å². The molecule has 2 amide bonds. The average Bonchev–Trinajstić information content (AvgIpc) is 2.88. The van der Waals surface area contributed by atoms with Crippen LogP contribution in [0.2, 0.25) is 0 Å². The zero-order valence-electron chi connectivity index (χ0n) is 7.46. The molecule has 2 aliphatic rings. The maximum absolute atomic E-state index is 11.3. The summed E-state index contributed by atoms with van der Waals surface area (Å²) < 4.78 is 0. The average molecular weight is 180 g/mol. The normalized spacial score (nSPS) is 29.9. The summed E-state index contributed by atoms with van der Waals surface area (Å²) in [7, 11) is 0. The fourth-order valence-electron chi connectivity index (χ4n) is 1.55. The molecule has 0 aromatic rings. The third-order valence-electron chi connectivity index (χ3n) is 2.43. The number of fused-ring (bicyclic) bond motifs is 1. The van der Waals surface area contributed by atoms with E-state index in [9.17, 15) is 9.59 Å². The zero-order chi connectivity index (χ0) is 9.42. The molecule has 70 valence electrons. The summed E-state index contributed by atoms with van der Waals surface area (Å²) in [6.07, 6.45) is 2.44. The highest BCUT2D eigenvalue weighted by Gasteiger charge is 2.40. The first-order valence-corrected chi connectivity index (χ1v) is 4.51. The summed E-state index contributed by atoms with van der Waals surface area (Å²) in [5, 5.41) is 5.44. The molecule has 0 saturated carbocycles. The van der Waals surface area contributed by atoms with Gasteiger partial charge in [0, 0.05) is 18.9 Å². The van der Waals surface area contributed by atoms with Crippen molar-refractivity contribution in [3.05, 3.63) is 11.6 Å². The first kappa shape index (κ1) is 8.29. The van der Waals surface area contributed by atoms with E-state index in [1.54, 1.807) is 6.92 Å².